The number of carbonyl (C=O) groups is 1. The summed E-state index contributed by atoms with van der Waals surface area (Å²) >= 11 is 6.01. The average Bonchev–Trinajstić information content (AvgIpc) is 2.94. The van der Waals surface area contributed by atoms with Crippen LogP contribution in [0.15, 0.2) is 39.8 Å². The maximum absolute atomic E-state index is 12.5. The van der Waals surface area contributed by atoms with E-state index >= 15 is 0 Å². The van der Waals surface area contributed by atoms with Gasteiger partial charge in [0.15, 0.2) is 0 Å². The molecule has 9 heteroatoms. The molecule has 7 nitrogen and oxygen atoms in total. The summed E-state index contributed by atoms with van der Waals surface area (Å²) in [5.41, 5.74) is -0.436. The SMILES string of the molecule is CC(C)(C)OC(=O)c1cc(S(N)(=O)=O)c(Cl)cc1NCc1ccco1. The minimum atomic E-state index is -4.09. The number of benzene rings is 1. The van der Waals surface area contributed by atoms with E-state index < -0.39 is 21.6 Å². The number of nitrogens with two attached hydrogens (primary N) is 1. The van der Waals surface area contributed by atoms with E-state index in [0.717, 1.165) is 6.07 Å². The topological polar surface area (TPSA) is 112 Å². The Balaban J connectivity index is 2.45. The summed E-state index contributed by atoms with van der Waals surface area (Å²) in [5, 5.41) is 8.04. The molecule has 0 spiro atoms. The van der Waals surface area contributed by atoms with E-state index in [1.165, 1.54) is 12.3 Å². The first kappa shape index (κ1) is 19.3. The molecule has 0 aliphatic heterocycles. The van der Waals surface area contributed by atoms with E-state index in [0.29, 0.717) is 11.4 Å². The second-order valence-electron chi connectivity index (χ2n) is 6.31. The molecule has 0 atom stereocenters. The second-order valence-corrected chi connectivity index (χ2v) is 8.25. The Morgan fingerprint density at radius 3 is 2.56 bits per heavy atom. The highest BCUT2D eigenvalue weighted by Crippen LogP contribution is 2.30. The molecule has 0 aliphatic carbocycles. The fourth-order valence-corrected chi connectivity index (χ4v) is 3.11. The summed E-state index contributed by atoms with van der Waals surface area (Å²) in [7, 11) is -4.09. The van der Waals surface area contributed by atoms with Gasteiger partial charge in [-0.1, -0.05) is 11.6 Å². The maximum atomic E-state index is 12.5. The van der Waals surface area contributed by atoms with E-state index in [1.807, 2.05) is 0 Å². The minimum absolute atomic E-state index is 0.00917. The van der Waals surface area contributed by atoms with Crippen LogP contribution < -0.4 is 10.5 Å². The third kappa shape index (κ3) is 5.22. The molecule has 25 heavy (non-hydrogen) atoms. The molecule has 136 valence electrons. The van der Waals surface area contributed by atoms with Gasteiger partial charge in [-0.25, -0.2) is 18.4 Å². The zero-order valence-corrected chi connectivity index (χ0v) is 15.6. The Bertz CT molecular complexity index is 871. The van der Waals surface area contributed by atoms with Gasteiger partial charge in [0.1, 0.15) is 16.3 Å². The predicted octanol–water partition coefficient (Wildman–Crippen LogP) is 3.15. The van der Waals surface area contributed by atoms with Crippen LogP contribution in [-0.2, 0) is 21.3 Å². The first-order chi connectivity index (χ1) is 11.5. The van der Waals surface area contributed by atoms with Gasteiger partial charge in [0.25, 0.3) is 0 Å². The Kier molecular flexibility index (Phi) is 5.46. The molecular formula is C16H19ClN2O5S. The molecule has 1 aromatic heterocycles. The van der Waals surface area contributed by atoms with Crippen LogP contribution in [0.1, 0.15) is 36.9 Å². The number of esters is 1. The number of ether oxygens (including phenoxy) is 1. The Hall–Kier alpha value is -2.03. The number of rotatable bonds is 5. The third-order valence-electron chi connectivity index (χ3n) is 3.03. The lowest BCUT2D eigenvalue weighted by atomic mass is 10.1. The predicted molar refractivity (Wildman–Crippen MR) is 94.0 cm³/mol. The van der Waals surface area contributed by atoms with Crippen LogP contribution in [0.25, 0.3) is 0 Å². The van der Waals surface area contributed by atoms with Crippen molar-refractivity contribution < 1.29 is 22.4 Å². The lowest BCUT2D eigenvalue weighted by molar-refractivity contribution is 0.00704. The third-order valence-corrected chi connectivity index (χ3v) is 4.41. The van der Waals surface area contributed by atoms with Gasteiger partial charge in [-0.3, -0.25) is 0 Å². The molecule has 0 amide bonds. The van der Waals surface area contributed by atoms with Gasteiger partial charge >= 0.3 is 5.97 Å². The van der Waals surface area contributed by atoms with Gasteiger partial charge in [0, 0.05) is 0 Å². The first-order valence-corrected chi connectivity index (χ1v) is 9.26. The average molecular weight is 387 g/mol. The summed E-state index contributed by atoms with van der Waals surface area (Å²) in [4.78, 5) is 12.1. The minimum Gasteiger partial charge on any atom is -0.467 e. The number of primary sulfonamides is 1. The molecule has 3 N–H and O–H groups in total. The Labute approximate surface area is 151 Å². The number of sulfonamides is 1. The molecule has 0 radical (unpaired) electrons. The molecule has 0 bridgehead atoms. The van der Waals surface area contributed by atoms with Gasteiger partial charge in [-0.15, -0.1) is 0 Å². The van der Waals surface area contributed by atoms with E-state index in [4.69, 9.17) is 25.9 Å². The van der Waals surface area contributed by atoms with Crippen LogP contribution >= 0.6 is 11.6 Å². The van der Waals surface area contributed by atoms with Crippen molar-refractivity contribution in [3.05, 3.63) is 46.9 Å². The zero-order valence-electron chi connectivity index (χ0n) is 14.0. The summed E-state index contributed by atoms with van der Waals surface area (Å²) in [6.45, 7) is 5.39. The molecule has 2 rings (SSSR count). The summed E-state index contributed by atoms with van der Waals surface area (Å²) in [5.74, 6) is -0.0715. The van der Waals surface area contributed by atoms with E-state index in [1.54, 1.807) is 32.9 Å². The van der Waals surface area contributed by atoms with Crippen molar-refractivity contribution in [2.45, 2.75) is 37.8 Å². The van der Waals surface area contributed by atoms with Gasteiger partial charge in [-0.2, -0.15) is 0 Å². The molecule has 0 fully saturated rings. The molecule has 0 unspecified atom stereocenters. The maximum Gasteiger partial charge on any atom is 0.340 e. The van der Waals surface area contributed by atoms with Gasteiger partial charge in [-0.05, 0) is 45.0 Å². The molecule has 1 heterocycles. The van der Waals surface area contributed by atoms with Gasteiger partial charge in [0.2, 0.25) is 10.0 Å². The highest BCUT2D eigenvalue weighted by Gasteiger charge is 2.24. The number of hydrogen-bond acceptors (Lipinski definition) is 6. The standard InChI is InChI=1S/C16H19ClN2O5S/c1-16(2,3)24-15(20)11-7-14(25(18,21)22)12(17)8-13(11)19-9-10-5-4-6-23-10/h4-8,19H,9H2,1-3H3,(H2,18,21,22). The van der Waals surface area contributed by atoms with E-state index in [2.05, 4.69) is 5.32 Å². The highest BCUT2D eigenvalue weighted by atomic mass is 35.5. The van der Waals surface area contributed by atoms with Crippen LogP contribution in [0.3, 0.4) is 0 Å². The highest BCUT2D eigenvalue weighted by molar-refractivity contribution is 7.89. The summed E-state index contributed by atoms with van der Waals surface area (Å²) in [6, 6.07) is 5.91. The molecule has 0 saturated carbocycles. The van der Waals surface area contributed by atoms with Crippen LogP contribution in [0.2, 0.25) is 5.02 Å². The molecule has 0 aliphatic rings. The second kappa shape index (κ2) is 7.07. The lowest BCUT2D eigenvalue weighted by Crippen LogP contribution is -2.25. The Morgan fingerprint density at radius 1 is 1.36 bits per heavy atom. The number of anilines is 1. The number of halogens is 1. The van der Waals surface area contributed by atoms with Crippen molar-refractivity contribution in [3.63, 3.8) is 0 Å². The van der Waals surface area contributed by atoms with Crippen molar-refractivity contribution in [3.8, 4) is 0 Å². The normalized spacial score (nSPS) is 12.0. The molecule has 1 aromatic carbocycles. The van der Waals surface area contributed by atoms with Crippen molar-refractivity contribution in [1.82, 2.24) is 0 Å². The number of furan rings is 1. The number of carbonyl (C=O) groups excluding carboxylic acids is 1. The fraction of sp³-hybridized carbons (Fsp3) is 0.312. The number of nitrogens with one attached hydrogen (secondary N) is 1. The molecular weight excluding hydrogens is 368 g/mol. The van der Waals surface area contributed by atoms with Crippen molar-refractivity contribution in [2.75, 3.05) is 5.32 Å². The smallest absolute Gasteiger partial charge is 0.340 e. The fourth-order valence-electron chi connectivity index (χ4n) is 2.02. The van der Waals surface area contributed by atoms with Crippen molar-refractivity contribution >= 4 is 33.3 Å². The van der Waals surface area contributed by atoms with Crippen molar-refractivity contribution in [1.29, 1.82) is 0 Å². The van der Waals surface area contributed by atoms with Crippen LogP contribution in [-0.4, -0.2) is 20.0 Å². The van der Waals surface area contributed by atoms with E-state index in [-0.39, 0.29) is 22.0 Å². The largest absolute Gasteiger partial charge is 0.467 e. The zero-order chi connectivity index (χ0) is 18.8. The lowest BCUT2D eigenvalue weighted by Gasteiger charge is -2.21. The summed E-state index contributed by atoms with van der Waals surface area (Å²) in [6.07, 6.45) is 1.52. The number of hydrogen-bond donors (Lipinski definition) is 2. The van der Waals surface area contributed by atoms with Crippen LogP contribution in [0.5, 0.6) is 0 Å². The van der Waals surface area contributed by atoms with Crippen molar-refractivity contribution in [2.24, 2.45) is 5.14 Å². The van der Waals surface area contributed by atoms with Gasteiger partial charge in [0.05, 0.1) is 29.1 Å². The molecule has 0 saturated heterocycles. The quantitative estimate of drug-likeness (QED) is 0.763. The van der Waals surface area contributed by atoms with E-state index in [9.17, 15) is 13.2 Å². The van der Waals surface area contributed by atoms with Gasteiger partial charge < -0.3 is 14.5 Å². The summed E-state index contributed by atoms with van der Waals surface area (Å²) < 4.78 is 33.9. The van der Waals surface area contributed by atoms with Crippen LogP contribution in [0, 0.1) is 0 Å². The first-order valence-electron chi connectivity index (χ1n) is 7.33. The Morgan fingerprint density at radius 2 is 2.04 bits per heavy atom. The molecule has 2 aromatic rings. The monoisotopic (exact) mass is 386 g/mol. The van der Waals surface area contributed by atoms with Crippen LogP contribution in [0.4, 0.5) is 5.69 Å².